The van der Waals surface area contributed by atoms with Gasteiger partial charge in [-0.05, 0) is 42.0 Å². The summed E-state index contributed by atoms with van der Waals surface area (Å²) in [5.41, 5.74) is 4.39. The summed E-state index contributed by atoms with van der Waals surface area (Å²) in [4.78, 5) is 15.5. The van der Waals surface area contributed by atoms with Crippen LogP contribution in [0.15, 0.2) is 90.0 Å². The maximum absolute atomic E-state index is 13.3. The van der Waals surface area contributed by atoms with E-state index in [0.717, 1.165) is 33.8 Å². The van der Waals surface area contributed by atoms with Crippen LogP contribution in [0.3, 0.4) is 0 Å². The average molecular weight is 512 g/mol. The predicted molar refractivity (Wildman–Crippen MR) is 145 cm³/mol. The molecule has 178 valence electrons. The summed E-state index contributed by atoms with van der Waals surface area (Å²) in [7, 11) is 0. The molecule has 2 aliphatic rings. The third-order valence-electron chi connectivity index (χ3n) is 5.92. The van der Waals surface area contributed by atoms with E-state index in [1.165, 1.54) is 11.8 Å². The number of benzene rings is 3. The van der Waals surface area contributed by atoms with E-state index in [1.54, 1.807) is 4.90 Å². The monoisotopic (exact) mass is 511 g/mol. The number of carbonyl (C=O) groups is 1. The summed E-state index contributed by atoms with van der Waals surface area (Å²) in [6.07, 6.45) is 3.81. The molecule has 0 unspecified atom stereocenters. The van der Waals surface area contributed by atoms with E-state index in [0.29, 0.717) is 34.7 Å². The van der Waals surface area contributed by atoms with Crippen LogP contribution in [0.5, 0.6) is 11.5 Å². The smallest absolute Gasteiger partial charge is 0.266 e. The molecule has 0 aliphatic carbocycles. The van der Waals surface area contributed by atoms with E-state index in [-0.39, 0.29) is 5.91 Å². The van der Waals surface area contributed by atoms with Crippen molar-refractivity contribution in [2.75, 3.05) is 13.2 Å². The lowest BCUT2D eigenvalue weighted by atomic mass is 10.1. The Labute approximate surface area is 218 Å². The zero-order valence-corrected chi connectivity index (χ0v) is 20.8. The largest absolute Gasteiger partial charge is 0.486 e. The first-order valence-electron chi connectivity index (χ1n) is 11.5. The Morgan fingerprint density at radius 1 is 0.944 bits per heavy atom. The Kier molecular flexibility index (Phi) is 6.04. The van der Waals surface area contributed by atoms with Crippen molar-refractivity contribution in [2.45, 2.75) is 6.54 Å². The summed E-state index contributed by atoms with van der Waals surface area (Å²) in [6, 6.07) is 25.5. The van der Waals surface area contributed by atoms with Crippen molar-refractivity contribution in [3.63, 3.8) is 0 Å². The molecule has 1 amide bonds. The molecular formula is C28H21N3O3S2. The molecule has 8 heteroatoms. The zero-order chi connectivity index (χ0) is 24.5. The lowest BCUT2D eigenvalue weighted by molar-refractivity contribution is -0.122. The topological polar surface area (TPSA) is 56.6 Å². The Bertz CT molecular complexity index is 1480. The van der Waals surface area contributed by atoms with Gasteiger partial charge in [0, 0.05) is 17.3 Å². The molecule has 0 radical (unpaired) electrons. The lowest BCUT2D eigenvalue weighted by Gasteiger charge is -2.18. The summed E-state index contributed by atoms with van der Waals surface area (Å²) in [5.74, 6) is 1.30. The molecule has 2 aliphatic heterocycles. The van der Waals surface area contributed by atoms with Gasteiger partial charge in [0.05, 0.1) is 17.1 Å². The van der Waals surface area contributed by atoms with Crippen LogP contribution in [0.4, 0.5) is 0 Å². The minimum atomic E-state index is -0.102. The highest BCUT2D eigenvalue weighted by molar-refractivity contribution is 8.26. The highest BCUT2D eigenvalue weighted by Gasteiger charge is 2.32. The third-order valence-corrected chi connectivity index (χ3v) is 7.30. The van der Waals surface area contributed by atoms with Crippen molar-refractivity contribution >= 4 is 40.3 Å². The van der Waals surface area contributed by atoms with Crippen LogP contribution in [-0.4, -0.2) is 38.1 Å². The Balaban J connectivity index is 1.39. The first kappa shape index (κ1) is 22.6. The van der Waals surface area contributed by atoms with Crippen LogP contribution < -0.4 is 9.47 Å². The highest BCUT2D eigenvalue weighted by atomic mass is 32.2. The van der Waals surface area contributed by atoms with Crippen molar-refractivity contribution in [3.8, 4) is 28.4 Å². The number of aromatic nitrogens is 2. The van der Waals surface area contributed by atoms with Crippen LogP contribution in [0.2, 0.25) is 0 Å². The second-order valence-electron chi connectivity index (χ2n) is 8.33. The molecule has 3 heterocycles. The minimum absolute atomic E-state index is 0.102. The zero-order valence-electron chi connectivity index (χ0n) is 19.2. The molecule has 0 atom stereocenters. The molecule has 0 bridgehead atoms. The molecule has 1 aromatic heterocycles. The normalized spacial score (nSPS) is 16.1. The maximum atomic E-state index is 13.3. The van der Waals surface area contributed by atoms with Crippen molar-refractivity contribution in [2.24, 2.45) is 0 Å². The van der Waals surface area contributed by atoms with Crippen molar-refractivity contribution in [3.05, 3.63) is 101 Å². The molecule has 0 N–H and O–H groups in total. The number of amides is 1. The SMILES string of the molecule is O=C1/C(=C/c2cn(-c3ccccc3)nc2-c2ccc3c(c2)OCCO3)SC(=S)N1Cc1ccccc1. The standard InChI is InChI=1S/C28H21N3O3S2/c32-27-25(36-28(35)30(27)17-19-7-3-1-4-8-19)16-21-18-31(22-9-5-2-6-10-22)29-26(21)20-11-12-23-24(15-20)34-14-13-33-23/h1-12,15-16,18H,13-14,17H2/b25-16-. The van der Waals surface area contributed by atoms with Gasteiger partial charge < -0.3 is 9.47 Å². The number of fused-ring (bicyclic) bond motifs is 1. The maximum Gasteiger partial charge on any atom is 0.266 e. The highest BCUT2D eigenvalue weighted by Crippen LogP contribution is 2.38. The van der Waals surface area contributed by atoms with Gasteiger partial charge in [0.2, 0.25) is 0 Å². The van der Waals surface area contributed by atoms with Crippen LogP contribution >= 0.6 is 24.0 Å². The predicted octanol–water partition coefficient (Wildman–Crippen LogP) is 5.71. The van der Waals surface area contributed by atoms with Gasteiger partial charge in [-0.2, -0.15) is 5.10 Å². The quantitative estimate of drug-likeness (QED) is 0.253. The first-order valence-corrected chi connectivity index (χ1v) is 12.7. The summed E-state index contributed by atoms with van der Waals surface area (Å²) >= 11 is 6.88. The second kappa shape index (κ2) is 9.64. The van der Waals surface area contributed by atoms with E-state index in [2.05, 4.69) is 0 Å². The van der Waals surface area contributed by atoms with Crippen LogP contribution in [0, 0.1) is 0 Å². The van der Waals surface area contributed by atoms with Crippen molar-refractivity contribution in [1.82, 2.24) is 14.7 Å². The summed E-state index contributed by atoms with van der Waals surface area (Å²) in [5, 5.41) is 4.88. The number of para-hydroxylation sites is 1. The number of carbonyl (C=O) groups excluding carboxylic acids is 1. The second-order valence-corrected chi connectivity index (χ2v) is 10.0. The molecule has 6 nitrogen and oxygen atoms in total. The fraction of sp³-hybridized carbons (Fsp3) is 0.107. The number of rotatable bonds is 5. The van der Waals surface area contributed by atoms with Gasteiger partial charge in [-0.15, -0.1) is 0 Å². The summed E-state index contributed by atoms with van der Waals surface area (Å²) in [6.45, 7) is 1.48. The average Bonchev–Trinajstić information content (AvgIpc) is 3.46. The molecule has 36 heavy (non-hydrogen) atoms. The number of thioether (sulfide) groups is 1. The summed E-state index contributed by atoms with van der Waals surface area (Å²) < 4.78 is 13.8. The van der Waals surface area contributed by atoms with E-state index < -0.39 is 0 Å². The Morgan fingerprint density at radius 3 is 2.44 bits per heavy atom. The molecule has 6 rings (SSSR count). The van der Waals surface area contributed by atoms with Crippen LogP contribution in [0.1, 0.15) is 11.1 Å². The fourth-order valence-electron chi connectivity index (χ4n) is 4.16. The Hall–Kier alpha value is -3.88. The van der Waals surface area contributed by atoms with Crippen LogP contribution in [0.25, 0.3) is 23.0 Å². The number of ether oxygens (including phenoxy) is 2. The number of nitrogens with zero attached hydrogens (tertiary/aromatic N) is 3. The number of hydrogen-bond donors (Lipinski definition) is 0. The van der Waals surface area contributed by atoms with E-state index in [4.69, 9.17) is 26.8 Å². The van der Waals surface area contributed by atoms with Crippen LogP contribution in [-0.2, 0) is 11.3 Å². The molecule has 4 aromatic rings. The lowest BCUT2D eigenvalue weighted by Crippen LogP contribution is -2.27. The molecular weight excluding hydrogens is 490 g/mol. The van der Waals surface area contributed by atoms with Crippen molar-refractivity contribution < 1.29 is 14.3 Å². The Morgan fingerprint density at radius 2 is 1.67 bits per heavy atom. The molecule has 0 spiro atoms. The van der Waals surface area contributed by atoms with E-state index >= 15 is 0 Å². The van der Waals surface area contributed by atoms with E-state index in [9.17, 15) is 4.79 Å². The number of thiocarbonyl (C=S) groups is 1. The first-order chi connectivity index (χ1) is 17.7. The van der Waals surface area contributed by atoms with Crippen molar-refractivity contribution in [1.29, 1.82) is 0 Å². The molecule has 1 fully saturated rings. The van der Waals surface area contributed by atoms with E-state index in [1.807, 2.05) is 95.8 Å². The molecule has 1 saturated heterocycles. The van der Waals surface area contributed by atoms with Gasteiger partial charge in [-0.1, -0.05) is 72.5 Å². The third kappa shape index (κ3) is 4.41. The van der Waals surface area contributed by atoms with Gasteiger partial charge in [0.1, 0.15) is 23.2 Å². The molecule has 0 saturated carbocycles. The van der Waals surface area contributed by atoms with Gasteiger partial charge >= 0.3 is 0 Å². The number of hydrogen-bond acceptors (Lipinski definition) is 6. The van der Waals surface area contributed by atoms with Gasteiger partial charge in [-0.25, -0.2) is 4.68 Å². The minimum Gasteiger partial charge on any atom is -0.486 e. The van der Waals surface area contributed by atoms with Gasteiger partial charge in [0.15, 0.2) is 11.5 Å². The fourth-order valence-corrected chi connectivity index (χ4v) is 5.41. The van der Waals surface area contributed by atoms with Gasteiger partial charge in [-0.3, -0.25) is 9.69 Å². The molecule has 3 aromatic carbocycles. The van der Waals surface area contributed by atoms with Gasteiger partial charge in [0.25, 0.3) is 5.91 Å².